The Balaban J connectivity index is 1.54. The van der Waals surface area contributed by atoms with E-state index in [0.29, 0.717) is 0 Å². The Labute approximate surface area is 170 Å². The normalized spacial score (nSPS) is 15.3. The van der Waals surface area contributed by atoms with Gasteiger partial charge in [-0.1, -0.05) is 55.3 Å². The minimum Gasteiger partial charge on any atom is -0.347 e. The number of hydrogen-bond donors (Lipinski definition) is 2. The van der Waals surface area contributed by atoms with E-state index in [1.54, 1.807) is 0 Å². The van der Waals surface area contributed by atoms with Crippen LogP contribution in [0.5, 0.6) is 0 Å². The van der Waals surface area contributed by atoms with Crippen molar-refractivity contribution in [3.8, 4) is 0 Å². The molecule has 4 rings (SSSR count). The highest BCUT2D eigenvalue weighted by molar-refractivity contribution is 5.86. The fourth-order valence-corrected chi connectivity index (χ4v) is 4.08. The first-order valence-corrected chi connectivity index (χ1v) is 10.2. The maximum Gasteiger partial charge on any atom is 0.240 e. The molecule has 6 nitrogen and oxygen atoms in total. The van der Waals surface area contributed by atoms with Gasteiger partial charge >= 0.3 is 0 Å². The molecule has 0 aliphatic heterocycles. The molecular formula is C23H26N4O2. The topological polar surface area (TPSA) is 76.0 Å². The van der Waals surface area contributed by atoms with E-state index in [9.17, 15) is 9.59 Å². The van der Waals surface area contributed by atoms with E-state index >= 15 is 0 Å². The first-order valence-electron chi connectivity index (χ1n) is 10.2. The third-order valence-corrected chi connectivity index (χ3v) is 5.67. The summed E-state index contributed by atoms with van der Waals surface area (Å²) in [5.74, 6) is 0.564. The van der Waals surface area contributed by atoms with E-state index in [-0.39, 0.29) is 24.3 Å². The largest absolute Gasteiger partial charge is 0.347 e. The summed E-state index contributed by atoms with van der Waals surface area (Å²) in [5, 5.41) is 5.86. The molecule has 150 valence electrons. The van der Waals surface area contributed by atoms with Crippen molar-refractivity contribution in [1.82, 2.24) is 20.2 Å². The molecule has 0 saturated heterocycles. The number of amides is 2. The number of aromatic nitrogens is 2. The van der Waals surface area contributed by atoms with Crippen LogP contribution in [0, 0.1) is 5.92 Å². The highest BCUT2D eigenvalue weighted by Gasteiger charge is 2.25. The summed E-state index contributed by atoms with van der Waals surface area (Å²) in [4.78, 5) is 29.7. The van der Waals surface area contributed by atoms with E-state index in [1.807, 2.05) is 66.2 Å². The average Bonchev–Trinajstić information content (AvgIpc) is 3.40. The molecule has 1 heterocycles. The summed E-state index contributed by atoms with van der Waals surface area (Å²) < 4.78 is 2.00. The quantitative estimate of drug-likeness (QED) is 0.679. The summed E-state index contributed by atoms with van der Waals surface area (Å²) in [6.45, 7) is -0.0252. The minimum absolute atomic E-state index is 0.0170. The zero-order chi connectivity index (χ0) is 20.2. The number of carbonyl (C=O) groups excluding carboxylic acids is 2. The van der Waals surface area contributed by atoms with Crippen molar-refractivity contribution in [2.45, 2.75) is 31.7 Å². The van der Waals surface area contributed by atoms with E-state index in [0.717, 1.165) is 48.1 Å². The van der Waals surface area contributed by atoms with Crippen LogP contribution in [-0.2, 0) is 16.6 Å². The summed E-state index contributed by atoms with van der Waals surface area (Å²) in [6, 6.07) is 17.3. The van der Waals surface area contributed by atoms with Gasteiger partial charge in [-0.25, -0.2) is 4.98 Å². The smallest absolute Gasteiger partial charge is 0.240 e. The number of rotatable bonds is 6. The van der Waals surface area contributed by atoms with Gasteiger partial charge in [0.15, 0.2) is 0 Å². The number of aryl methyl sites for hydroxylation is 1. The lowest BCUT2D eigenvalue weighted by molar-refractivity contribution is -0.128. The van der Waals surface area contributed by atoms with Gasteiger partial charge in [-0.15, -0.1) is 0 Å². The molecule has 0 radical (unpaired) electrons. The van der Waals surface area contributed by atoms with Crippen LogP contribution in [0.4, 0.5) is 0 Å². The highest BCUT2D eigenvalue weighted by atomic mass is 16.2. The molecular weight excluding hydrogens is 364 g/mol. The fraction of sp³-hybridized carbons (Fsp3) is 0.348. The van der Waals surface area contributed by atoms with Crippen LogP contribution in [-0.4, -0.2) is 27.9 Å². The molecule has 1 aromatic heterocycles. The van der Waals surface area contributed by atoms with Gasteiger partial charge in [0.1, 0.15) is 11.9 Å². The number of hydrogen-bond acceptors (Lipinski definition) is 3. The molecule has 0 spiro atoms. The zero-order valence-electron chi connectivity index (χ0n) is 16.6. The van der Waals surface area contributed by atoms with Crippen LogP contribution in [0.2, 0.25) is 0 Å². The van der Waals surface area contributed by atoms with E-state index in [4.69, 9.17) is 4.98 Å². The third-order valence-electron chi connectivity index (χ3n) is 5.67. The molecule has 3 aromatic rings. The van der Waals surface area contributed by atoms with Crippen LogP contribution in [0.3, 0.4) is 0 Å². The Hall–Kier alpha value is -3.15. The van der Waals surface area contributed by atoms with E-state index in [2.05, 4.69) is 10.6 Å². The van der Waals surface area contributed by atoms with Crippen LogP contribution < -0.4 is 10.6 Å². The highest BCUT2D eigenvalue weighted by Crippen LogP contribution is 2.26. The number of fused-ring (bicyclic) bond motifs is 1. The summed E-state index contributed by atoms with van der Waals surface area (Å²) >= 11 is 0. The second-order valence-corrected chi connectivity index (χ2v) is 7.63. The number of benzene rings is 2. The number of para-hydroxylation sites is 2. The van der Waals surface area contributed by atoms with Gasteiger partial charge in [0.05, 0.1) is 17.6 Å². The van der Waals surface area contributed by atoms with E-state index in [1.165, 1.54) is 0 Å². The Kier molecular flexibility index (Phi) is 5.60. The number of nitrogens with one attached hydrogen (secondary N) is 2. The predicted octanol–water partition coefficient (Wildman–Crippen LogP) is 3.09. The molecule has 29 heavy (non-hydrogen) atoms. The molecule has 2 amide bonds. The van der Waals surface area contributed by atoms with Crippen LogP contribution >= 0.6 is 0 Å². The summed E-state index contributed by atoms with van der Waals surface area (Å²) in [5.41, 5.74) is 2.84. The first kappa shape index (κ1) is 19.2. The maximum absolute atomic E-state index is 12.7. The molecule has 1 aliphatic rings. The molecule has 0 bridgehead atoms. The second kappa shape index (κ2) is 8.47. The second-order valence-electron chi connectivity index (χ2n) is 7.63. The molecule has 1 saturated carbocycles. The first-order chi connectivity index (χ1) is 14.1. The molecule has 2 aromatic carbocycles. The summed E-state index contributed by atoms with van der Waals surface area (Å²) in [6.07, 6.45) is 4.01. The van der Waals surface area contributed by atoms with Crippen LogP contribution in [0.25, 0.3) is 11.0 Å². The van der Waals surface area contributed by atoms with Gasteiger partial charge in [-0.2, -0.15) is 0 Å². The van der Waals surface area contributed by atoms with Crippen molar-refractivity contribution in [3.05, 3.63) is 66.0 Å². The minimum atomic E-state index is -0.399. The van der Waals surface area contributed by atoms with Gasteiger partial charge in [-0.05, 0) is 30.5 Å². The SMILES string of the molecule is Cn1c(C(NC(=O)CNC(=O)C2CCCC2)c2ccccc2)nc2ccccc21. The standard InChI is InChI=1S/C23H26N4O2/c1-27-19-14-8-7-13-18(19)25-22(27)21(16-9-3-2-4-10-16)26-20(28)15-24-23(29)17-11-5-6-12-17/h2-4,7-10,13-14,17,21H,5-6,11-12,15H2,1H3,(H,24,29)(H,26,28). The number of imidazole rings is 1. The molecule has 1 fully saturated rings. The van der Waals surface area contributed by atoms with Gasteiger partial charge in [0.2, 0.25) is 11.8 Å². The molecule has 6 heteroatoms. The Morgan fingerprint density at radius 2 is 1.76 bits per heavy atom. The number of carbonyl (C=O) groups is 2. The van der Waals surface area contributed by atoms with Crippen molar-refractivity contribution in [3.63, 3.8) is 0 Å². The lowest BCUT2D eigenvalue weighted by Gasteiger charge is -2.20. The molecule has 1 unspecified atom stereocenters. The summed E-state index contributed by atoms with van der Waals surface area (Å²) in [7, 11) is 1.95. The Morgan fingerprint density at radius 1 is 1.07 bits per heavy atom. The van der Waals surface area contributed by atoms with Gasteiger partial charge in [0.25, 0.3) is 0 Å². The third kappa shape index (κ3) is 4.16. The van der Waals surface area contributed by atoms with Crippen molar-refractivity contribution in [1.29, 1.82) is 0 Å². The van der Waals surface area contributed by atoms with Crippen molar-refractivity contribution in [2.75, 3.05) is 6.54 Å². The van der Waals surface area contributed by atoms with Gasteiger partial charge < -0.3 is 15.2 Å². The molecule has 1 atom stereocenters. The van der Waals surface area contributed by atoms with Gasteiger partial charge in [0, 0.05) is 13.0 Å². The van der Waals surface area contributed by atoms with Crippen LogP contribution in [0.15, 0.2) is 54.6 Å². The maximum atomic E-state index is 12.7. The zero-order valence-corrected chi connectivity index (χ0v) is 16.6. The number of nitrogens with zero attached hydrogens (tertiary/aromatic N) is 2. The fourth-order valence-electron chi connectivity index (χ4n) is 4.08. The van der Waals surface area contributed by atoms with Crippen LogP contribution in [0.1, 0.15) is 43.1 Å². The predicted molar refractivity (Wildman–Crippen MR) is 112 cm³/mol. The van der Waals surface area contributed by atoms with E-state index < -0.39 is 6.04 Å². The average molecular weight is 390 g/mol. The molecule has 2 N–H and O–H groups in total. The monoisotopic (exact) mass is 390 g/mol. The lowest BCUT2D eigenvalue weighted by Crippen LogP contribution is -2.41. The lowest BCUT2D eigenvalue weighted by atomic mass is 10.1. The van der Waals surface area contributed by atoms with Crippen molar-refractivity contribution in [2.24, 2.45) is 13.0 Å². The van der Waals surface area contributed by atoms with Crippen molar-refractivity contribution >= 4 is 22.8 Å². The van der Waals surface area contributed by atoms with Gasteiger partial charge in [-0.3, -0.25) is 9.59 Å². The Bertz CT molecular complexity index is 1010. The Morgan fingerprint density at radius 3 is 2.48 bits per heavy atom. The van der Waals surface area contributed by atoms with Crippen molar-refractivity contribution < 1.29 is 9.59 Å². The molecule has 1 aliphatic carbocycles.